The van der Waals surface area contributed by atoms with Gasteiger partial charge in [0.2, 0.25) is 0 Å². The first-order valence-corrected chi connectivity index (χ1v) is 11.9. The predicted molar refractivity (Wildman–Crippen MR) is 138 cm³/mol. The molecule has 0 atom stereocenters. The lowest BCUT2D eigenvalue weighted by molar-refractivity contribution is -0.122. The van der Waals surface area contributed by atoms with Crippen LogP contribution >= 0.6 is 24.0 Å². The molecule has 7 nitrogen and oxygen atoms in total. The molecule has 2 aromatic carbocycles. The van der Waals surface area contributed by atoms with Crippen LogP contribution in [0.2, 0.25) is 0 Å². The average molecular weight is 496 g/mol. The molecule has 1 aliphatic heterocycles. The third kappa shape index (κ3) is 5.01. The zero-order valence-corrected chi connectivity index (χ0v) is 20.8. The fourth-order valence-electron chi connectivity index (χ4n) is 3.61. The summed E-state index contributed by atoms with van der Waals surface area (Å²) in [6.45, 7) is 1.10. The average Bonchev–Trinajstić information content (AvgIpc) is 3.40. The second kappa shape index (κ2) is 10.9. The molecule has 2 heterocycles. The summed E-state index contributed by atoms with van der Waals surface area (Å²) in [7, 11) is 4.84. The number of hydrogen-bond acceptors (Lipinski definition) is 7. The Morgan fingerprint density at radius 1 is 1.06 bits per heavy atom. The Labute approximate surface area is 208 Å². The Kier molecular flexibility index (Phi) is 7.66. The van der Waals surface area contributed by atoms with Gasteiger partial charge in [0.1, 0.15) is 10.0 Å². The van der Waals surface area contributed by atoms with Crippen molar-refractivity contribution in [3.05, 3.63) is 65.2 Å². The van der Waals surface area contributed by atoms with E-state index in [9.17, 15) is 4.79 Å². The zero-order valence-electron chi connectivity index (χ0n) is 19.2. The molecule has 9 heteroatoms. The largest absolute Gasteiger partial charge is 0.493 e. The number of methoxy groups -OCH3 is 3. The summed E-state index contributed by atoms with van der Waals surface area (Å²) < 4.78 is 18.3. The minimum Gasteiger partial charge on any atom is -0.493 e. The number of carbonyl (C=O) groups excluding carboxylic acids is 1. The Morgan fingerprint density at radius 2 is 1.82 bits per heavy atom. The normalized spacial score (nSPS) is 14.8. The molecule has 1 saturated heterocycles. The van der Waals surface area contributed by atoms with Gasteiger partial charge in [-0.15, -0.1) is 0 Å². The molecule has 4 rings (SSSR count). The lowest BCUT2D eigenvalue weighted by atomic mass is 10.1. The van der Waals surface area contributed by atoms with E-state index in [0.29, 0.717) is 33.9 Å². The third-order valence-electron chi connectivity index (χ3n) is 5.31. The molecule has 0 radical (unpaired) electrons. The number of para-hydroxylation sites is 1. The van der Waals surface area contributed by atoms with E-state index in [2.05, 4.69) is 0 Å². The zero-order chi connectivity index (χ0) is 24.1. The molecule has 0 bridgehead atoms. The van der Waals surface area contributed by atoms with E-state index in [1.54, 1.807) is 30.9 Å². The van der Waals surface area contributed by atoms with Gasteiger partial charge in [-0.1, -0.05) is 42.2 Å². The first-order valence-electron chi connectivity index (χ1n) is 10.7. The van der Waals surface area contributed by atoms with Gasteiger partial charge in [-0.2, -0.15) is 5.10 Å². The Hall–Kier alpha value is -3.14. The number of carbonyl (C=O) groups is 1. The van der Waals surface area contributed by atoms with Gasteiger partial charge in [0.05, 0.1) is 24.8 Å². The highest BCUT2D eigenvalue weighted by atomic mass is 32.2. The van der Waals surface area contributed by atoms with E-state index in [4.69, 9.17) is 31.5 Å². The van der Waals surface area contributed by atoms with Crippen LogP contribution in [0.1, 0.15) is 12.0 Å². The number of thioether (sulfide) groups is 1. The van der Waals surface area contributed by atoms with Crippen molar-refractivity contribution in [1.29, 1.82) is 0 Å². The quantitative estimate of drug-likeness (QED) is 0.240. The Bertz CT molecular complexity index is 1220. The van der Waals surface area contributed by atoms with E-state index in [1.807, 2.05) is 60.8 Å². The summed E-state index contributed by atoms with van der Waals surface area (Å²) in [5, 5.41) is 4.84. The third-order valence-corrected chi connectivity index (χ3v) is 6.69. The molecular weight excluding hydrogens is 470 g/mol. The maximum Gasteiger partial charge on any atom is 0.266 e. The maximum atomic E-state index is 13.1. The van der Waals surface area contributed by atoms with Gasteiger partial charge in [0.25, 0.3) is 5.91 Å². The number of amides is 1. The molecule has 0 N–H and O–H groups in total. The van der Waals surface area contributed by atoms with Gasteiger partial charge in [-0.25, -0.2) is 4.68 Å². The summed E-state index contributed by atoms with van der Waals surface area (Å²) in [4.78, 5) is 15.3. The van der Waals surface area contributed by atoms with E-state index >= 15 is 0 Å². The van der Waals surface area contributed by atoms with Gasteiger partial charge in [0, 0.05) is 37.6 Å². The molecule has 0 saturated carbocycles. The SMILES string of the molecule is COCCCN1C(=O)C(=Cc2cn(-c3ccccc3)nc2-c2ccc(OC)c(OC)c2)SC1=S. The van der Waals surface area contributed by atoms with Gasteiger partial charge in [-0.3, -0.25) is 9.69 Å². The molecule has 3 aromatic rings. The van der Waals surface area contributed by atoms with Crippen LogP contribution in [0, 0.1) is 0 Å². The number of hydrogen-bond donors (Lipinski definition) is 0. The van der Waals surface area contributed by atoms with Crippen LogP contribution in [0.25, 0.3) is 23.0 Å². The standard InChI is InChI=1S/C25H25N3O4S2/c1-30-13-7-12-27-24(29)22(34-25(27)33)15-18-16-28(19-8-5-4-6-9-19)26-23(18)17-10-11-20(31-2)21(14-17)32-3/h4-6,8-11,14-16H,7,12-13H2,1-3H3. The summed E-state index contributed by atoms with van der Waals surface area (Å²) in [5.41, 5.74) is 3.27. The second-order valence-corrected chi connectivity index (χ2v) is 9.14. The van der Waals surface area contributed by atoms with Crippen molar-refractivity contribution < 1.29 is 19.0 Å². The van der Waals surface area contributed by atoms with Crippen LogP contribution in [0.5, 0.6) is 11.5 Å². The molecule has 1 fully saturated rings. The molecule has 0 aliphatic carbocycles. The highest BCUT2D eigenvalue weighted by Crippen LogP contribution is 2.37. The summed E-state index contributed by atoms with van der Waals surface area (Å²) in [6, 6.07) is 15.5. The summed E-state index contributed by atoms with van der Waals surface area (Å²) in [6.07, 6.45) is 4.49. The van der Waals surface area contributed by atoms with Crippen molar-refractivity contribution in [2.45, 2.75) is 6.42 Å². The van der Waals surface area contributed by atoms with Crippen LogP contribution in [0.15, 0.2) is 59.6 Å². The second-order valence-electron chi connectivity index (χ2n) is 7.46. The molecule has 176 valence electrons. The van der Waals surface area contributed by atoms with Crippen LogP contribution in [-0.4, -0.2) is 59.4 Å². The molecule has 0 spiro atoms. The minimum atomic E-state index is -0.100. The first-order chi connectivity index (χ1) is 16.5. The van der Waals surface area contributed by atoms with E-state index in [1.165, 1.54) is 11.8 Å². The van der Waals surface area contributed by atoms with Crippen molar-refractivity contribution in [1.82, 2.24) is 14.7 Å². The smallest absolute Gasteiger partial charge is 0.266 e. The summed E-state index contributed by atoms with van der Waals surface area (Å²) in [5.74, 6) is 1.13. The van der Waals surface area contributed by atoms with Crippen molar-refractivity contribution in [2.24, 2.45) is 0 Å². The highest BCUT2D eigenvalue weighted by molar-refractivity contribution is 8.26. The Balaban J connectivity index is 1.75. The molecule has 1 aromatic heterocycles. The van der Waals surface area contributed by atoms with Crippen molar-refractivity contribution >= 4 is 40.3 Å². The van der Waals surface area contributed by atoms with Crippen LogP contribution in [-0.2, 0) is 9.53 Å². The number of rotatable bonds is 9. The molecule has 34 heavy (non-hydrogen) atoms. The van der Waals surface area contributed by atoms with Crippen LogP contribution in [0.3, 0.4) is 0 Å². The van der Waals surface area contributed by atoms with Gasteiger partial charge >= 0.3 is 0 Å². The van der Waals surface area contributed by atoms with E-state index in [-0.39, 0.29) is 5.91 Å². The highest BCUT2D eigenvalue weighted by Gasteiger charge is 2.32. The first kappa shape index (κ1) is 24.0. The molecule has 0 unspecified atom stereocenters. The van der Waals surface area contributed by atoms with Crippen molar-refractivity contribution in [3.8, 4) is 28.4 Å². The molecular formula is C25H25N3O4S2. The lowest BCUT2D eigenvalue weighted by Crippen LogP contribution is -2.29. The van der Waals surface area contributed by atoms with Crippen LogP contribution < -0.4 is 9.47 Å². The number of thiocarbonyl (C=S) groups is 1. The topological polar surface area (TPSA) is 65.8 Å². The Morgan fingerprint density at radius 3 is 2.53 bits per heavy atom. The fraction of sp³-hybridized carbons (Fsp3) is 0.240. The number of nitrogens with zero attached hydrogens (tertiary/aromatic N) is 3. The van der Waals surface area contributed by atoms with Crippen molar-refractivity contribution in [2.75, 3.05) is 34.5 Å². The van der Waals surface area contributed by atoms with Gasteiger partial charge in [0.15, 0.2) is 11.5 Å². The van der Waals surface area contributed by atoms with Gasteiger partial charge in [-0.05, 0) is 42.8 Å². The minimum absolute atomic E-state index is 0.100. The lowest BCUT2D eigenvalue weighted by Gasteiger charge is -2.13. The monoisotopic (exact) mass is 495 g/mol. The number of benzene rings is 2. The summed E-state index contributed by atoms with van der Waals surface area (Å²) >= 11 is 6.77. The maximum absolute atomic E-state index is 13.1. The molecule has 1 aliphatic rings. The number of aromatic nitrogens is 2. The fourth-order valence-corrected chi connectivity index (χ4v) is 4.91. The van der Waals surface area contributed by atoms with E-state index in [0.717, 1.165) is 28.9 Å². The van der Waals surface area contributed by atoms with Crippen LogP contribution in [0.4, 0.5) is 0 Å². The molecule has 1 amide bonds. The van der Waals surface area contributed by atoms with Crippen molar-refractivity contribution in [3.63, 3.8) is 0 Å². The number of ether oxygens (including phenoxy) is 3. The van der Waals surface area contributed by atoms with Gasteiger partial charge < -0.3 is 14.2 Å². The predicted octanol–water partition coefficient (Wildman–Crippen LogP) is 4.79. The van der Waals surface area contributed by atoms with E-state index < -0.39 is 0 Å².